The van der Waals surface area contributed by atoms with Crippen molar-refractivity contribution in [2.24, 2.45) is 5.41 Å². The number of pyridine rings is 1. The Hall–Kier alpha value is -3.29. The molecule has 34 heavy (non-hydrogen) atoms. The molecule has 3 aromatic heterocycles. The van der Waals surface area contributed by atoms with E-state index in [9.17, 15) is 9.18 Å². The monoisotopic (exact) mass is 462 g/mol. The van der Waals surface area contributed by atoms with Crippen LogP contribution in [0.2, 0.25) is 0 Å². The third-order valence-electron chi connectivity index (χ3n) is 6.65. The summed E-state index contributed by atoms with van der Waals surface area (Å²) in [6.45, 7) is 5.99. The summed E-state index contributed by atoms with van der Waals surface area (Å²) in [5, 5.41) is 10.4. The Labute approximate surface area is 198 Å². The number of nitrogens with zero attached hydrogens (tertiary/aromatic N) is 4. The first kappa shape index (κ1) is 22.5. The van der Waals surface area contributed by atoms with E-state index in [2.05, 4.69) is 33.7 Å². The summed E-state index contributed by atoms with van der Waals surface area (Å²) in [6, 6.07) is 3.96. The van der Waals surface area contributed by atoms with Gasteiger partial charge in [0.05, 0.1) is 29.5 Å². The zero-order valence-corrected chi connectivity index (χ0v) is 20.0. The highest BCUT2D eigenvalue weighted by Crippen LogP contribution is 2.44. The number of hydrogen-bond acceptors (Lipinski definition) is 5. The number of aromatic nitrogens is 4. The summed E-state index contributed by atoms with van der Waals surface area (Å²) >= 11 is 0. The Morgan fingerprint density at radius 2 is 2.12 bits per heavy atom. The zero-order valence-electron chi connectivity index (χ0n) is 20.0. The van der Waals surface area contributed by atoms with Crippen molar-refractivity contribution < 1.29 is 9.18 Å². The van der Waals surface area contributed by atoms with E-state index in [1.807, 2.05) is 24.5 Å². The van der Waals surface area contributed by atoms with E-state index < -0.39 is 5.67 Å². The van der Waals surface area contributed by atoms with Crippen molar-refractivity contribution >= 4 is 22.9 Å². The minimum absolute atomic E-state index is 0.0613. The van der Waals surface area contributed by atoms with Crippen molar-refractivity contribution in [3.63, 3.8) is 0 Å². The van der Waals surface area contributed by atoms with E-state index >= 15 is 0 Å². The SMILES string of the molecule is CC(C)(F)CNC(=O)c1cnn2ccc(C3=CCCCc4nc(NCC5(C)CC5)ncc43)cc12. The second-order valence-corrected chi connectivity index (χ2v) is 10.4. The highest BCUT2D eigenvalue weighted by Gasteiger charge is 2.37. The molecule has 0 saturated heterocycles. The molecule has 1 amide bonds. The third kappa shape index (κ3) is 4.81. The predicted molar refractivity (Wildman–Crippen MR) is 131 cm³/mol. The molecule has 1 fully saturated rings. The van der Waals surface area contributed by atoms with Gasteiger partial charge in [-0.05, 0) is 74.6 Å². The highest BCUT2D eigenvalue weighted by atomic mass is 19.1. The summed E-state index contributed by atoms with van der Waals surface area (Å²) in [7, 11) is 0. The maximum Gasteiger partial charge on any atom is 0.255 e. The largest absolute Gasteiger partial charge is 0.354 e. The van der Waals surface area contributed by atoms with Crippen LogP contribution in [-0.4, -0.2) is 44.2 Å². The molecule has 5 rings (SSSR count). The number of fused-ring (bicyclic) bond motifs is 2. The second kappa shape index (κ2) is 8.49. The lowest BCUT2D eigenvalue weighted by atomic mass is 9.98. The van der Waals surface area contributed by atoms with Gasteiger partial charge in [0.25, 0.3) is 5.91 Å². The van der Waals surface area contributed by atoms with Gasteiger partial charge in [0.2, 0.25) is 5.95 Å². The molecular formula is C26H31FN6O. The van der Waals surface area contributed by atoms with Gasteiger partial charge < -0.3 is 10.6 Å². The number of halogens is 1. The average molecular weight is 463 g/mol. The van der Waals surface area contributed by atoms with Crippen LogP contribution in [0.1, 0.15) is 73.6 Å². The number of alkyl halides is 1. The molecule has 0 bridgehead atoms. The Morgan fingerprint density at radius 1 is 1.29 bits per heavy atom. The Bertz CT molecular complexity index is 1270. The Balaban J connectivity index is 1.44. The lowest BCUT2D eigenvalue weighted by Crippen LogP contribution is -2.35. The quantitative estimate of drug-likeness (QED) is 0.537. The van der Waals surface area contributed by atoms with Crippen molar-refractivity contribution in [3.05, 3.63) is 59.2 Å². The van der Waals surface area contributed by atoms with Crippen molar-refractivity contribution in [2.45, 2.75) is 58.5 Å². The van der Waals surface area contributed by atoms with Crippen LogP contribution in [0, 0.1) is 5.41 Å². The maximum absolute atomic E-state index is 13.9. The van der Waals surface area contributed by atoms with Gasteiger partial charge in [0, 0.05) is 24.5 Å². The molecule has 7 nitrogen and oxygen atoms in total. The van der Waals surface area contributed by atoms with Crippen LogP contribution in [0.4, 0.5) is 10.3 Å². The van der Waals surface area contributed by atoms with Gasteiger partial charge in [-0.1, -0.05) is 13.0 Å². The predicted octanol–water partition coefficient (Wildman–Crippen LogP) is 4.58. The Morgan fingerprint density at radius 3 is 2.88 bits per heavy atom. The van der Waals surface area contributed by atoms with Gasteiger partial charge in [-0.15, -0.1) is 0 Å². The molecule has 2 aliphatic rings. The molecular weight excluding hydrogens is 431 g/mol. The molecule has 0 atom stereocenters. The smallest absolute Gasteiger partial charge is 0.255 e. The second-order valence-electron chi connectivity index (χ2n) is 10.4. The Kier molecular flexibility index (Phi) is 5.62. The van der Waals surface area contributed by atoms with Crippen LogP contribution in [0.15, 0.2) is 36.8 Å². The number of hydrogen-bond donors (Lipinski definition) is 2. The van der Waals surface area contributed by atoms with Crippen LogP contribution in [-0.2, 0) is 6.42 Å². The summed E-state index contributed by atoms with van der Waals surface area (Å²) in [5.74, 6) is 0.352. The van der Waals surface area contributed by atoms with Crippen LogP contribution in [0.3, 0.4) is 0 Å². The van der Waals surface area contributed by atoms with Crippen molar-refractivity contribution in [3.8, 4) is 0 Å². The fourth-order valence-corrected chi connectivity index (χ4v) is 4.21. The highest BCUT2D eigenvalue weighted by molar-refractivity contribution is 6.01. The van der Waals surface area contributed by atoms with Gasteiger partial charge in [-0.2, -0.15) is 5.10 Å². The molecule has 1 saturated carbocycles. The van der Waals surface area contributed by atoms with E-state index in [-0.39, 0.29) is 12.5 Å². The number of carbonyl (C=O) groups is 1. The molecule has 0 radical (unpaired) electrons. The first-order chi connectivity index (χ1) is 16.2. The van der Waals surface area contributed by atoms with Crippen molar-refractivity contribution in [1.82, 2.24) is 24.9 Å². The minimum atomic E-state index is -1.48. The summed E-state index contributed by atoms with van der Waals surface area (Å²) < 4.78 is 15.5. The molecule has 0 aliphatic heterocycles. The number of nitrogens with one attached hydrogen (secondary N) is 2. The number of allylic oxidation sites excluding steroid dienone is 1. The number of amides is 1. The number of anilines is 1. The van der Waals surface area contributed by atoms with E-state index in [1.165, 1.54) is 32.9 Å². The summed E-state index contributed by atoms with van der Waals surface area (Å²) in [5.41, 5.74) is 4.10. The fraction of sp³-hybridized carbons (Fsp3) is 0.462. The first-order valence-electron chi connectivity index (χ1n) is 12.0. The molecule has 0 unspecified atom stereocenters. The van der Waals surface area contributed by atoms with Crippen LogP contribution in [0.5, 0.6) is 0 Å². The van der Waals surface area contributed by atoms with Crippen LogP contribution in [0.25, 0.3) is 11.1 Å². The molecule has 0 aromatic carbocycles. The van der Waals surface area contributed by atoms with Gasteiger partial charge in [-0.3, -0.25) is 4.79 Å². The van der Waals surface area contributed by atoms with E-state index in [4.69, 9.17) is 4.98 Å². The molecule has 2 N–H and O–H groups in total. The zero-order chi connectivity index (χ0) is 23.9. The van der Waals surface area contributed by atoms with Crippen molar-refractivity contribution in [2.75, 3.05) is 18.4 Å². The normalized spacial score (nSPS) is 17.0. The van der Waals surface area contributed by atoms with E-state index in [0.29, 0.717) is 22.4 Å². The van der Waals surface area contributed by atoms with Gasteiger partial charge in [0.1, 0.15) is 5.67 Å². The minimum Gasteiger partial charge on any atom is -0.354 e. The first-order valence-corrected chi connectivity index (χ1v) is 12.0. The standard InChI is InChI=1S/C26H31FN6O/c1-25(2,27)15-29-23(34)20-14-31-33-11-8-17(12-22(20)33)18-6-4-5-7-21-19(18)13-28-24(32-21)30-16-26(3)9-10-26/h6,8,11-14H,4-5,7,9-10,15-16H2,1-3H3,(H,29,34)(H,28,30,32). The maximum atomic E-state index is 13.9. The summed E-state index contributed by atoms with van der Waals surface area (Å²) in [6.07, 6.45) is 12.9. The van der Waals surface area contributed by atoms with E-state index in [1.54, 1.807) is 4.52 Å². The van der Waals surface area contributed by atoms with Crippen molar-refractivity contribution in [1.29, 1.82) is 0 Å². The van der Waals surface area contributed by atoms with E-state index in [0.717, 1.165) is 48.2 Å². The van der Waals surface area contributed by atoms with Gasteiger partial charge in [-0.25, -0.2) is 18.9 Å². The lowest BCUT2D eigenvalue weighted by Gasteiger charge is -2.15. The number of rotatable bonds is 7. The molecule has 3 aromatic rings. The average Bonchev–Trinajstić information content (AvgIpc) is 3.46. The van der Waals surface area contributed by atoms with Gasteiger partial charge in [0.15, 0.2) is 0 Å². The van der Waals surface area contributed by atoms with Gasteiger partial charge >= 0.3 is 0 Å². The number of carbonyl (C=O) groups excluding carboxylic acids is 1. The molecule has 8 heteroatoms. The number of aryl methyl sites for hydroxylation is 1. The molecule has 2 aliphatic carbocycles. The third-order valence-corrected chi connectivity index (χ3v) is 6.65. The molecule has 0 spiro atoms. The van der Waals surface area contributed by atoms with Crippen LogP contribution >= 0.6 is 0 Å². The fourth-order valence-electron chi connectivity index (χ4n) is 4.21. The lowest BCUT2D eigenvalue weighted by molar-refractivity contribution is 0.0922. The van der Waals surface area contributed by atoms with Crippen LogP contribution < -0.4 is 10.6 Å². The topological polar surface area (TPSA) is 84.2 Å². The molecule has 178 valence electrons. The summed E-state index contributed by atoms with van der Waals surface area (Å²) in [4.78, 5) is 22.2. The molecule has 3 heterocycles.